The Kier molecular flexibility index (Phi) is 5.42. The summed E-state index contributed by atoms with van der Waals surface area (Å²) >= 11 is 0. The first-order valence-electron chi connectivity index (χ1n) is 9.46. The van der Waals surface area contributed by atoms with Crippen molar-refractivity contribution >= 4 is 29.3 Å². The third-order valence-corrected chi connectivity index (χ3v) is 4.66. The van der Waals surface area contributed by atoms with Crippen molar-refractivity contribution in [2.45, 2.75) is 12.8 Å². The zero-order valence-electron chi connectivity index (χ0n) is 15.8. The van der Waals surface area contributed by atoms with E-state index in [1.165, 1.54) is 6.08 Å². The topological polar surface area (TPSA) is 75.2 Å². The van der Waals surface area contributed by atoms with Gasteiger partial charge in [-0.2, -0.15) is 0 Å². The summed E-state index contributed by atoms with van der Waals surface area (Å²) in [6.07, 6.45) is 7.87. The van der Waals surface area contributed by atoms with Crippen molar-refractivity contribution in [2.75, 3.05) is 16.8 Å². The fraction of sp³-hybridized carbons (Fsp3) is 0.130. The van der Waals surface area contributed by atoms with Crippen LogP contribution in [0.3, 0.4) is 0 Å². The Hall–Kier alpha value is -3.80. The third kappa shape index (κ3) is 4.55. The van der Waals surface area contributed by atoms with E-state index in [2.05, 4.69) is 15.3 Å². The summed E-state index contributed by atoms with van der Waals surface area (Å²) in [5.74, 6) is 0.503. The van der Waals surface area contributed by atoms with Crippen molar-refractivity contribution in [3.63, 3.8) is 0 Å². The average molecular weight is 384 g/mol. The maximum atomic E-state index is 12.2. The number of nitrogens with zero attached hydrogens (tertiary/aromatic N) is 3. The number of hydrogen-bond acceptors (Lipinski definition) is 4. The maximum absolute atomic E-state index is 12.2. The molecule has 2 amide bonds. The van der Waals surface area contributed by atoms with E-state index >= 15 is 0 Å². The van der Waals surface area contributed by atoms with Gasteiger partial charge in [-0.15, -0.1) is 0 Å². The number of aromatic nitrogens is 2. The number of anilines is 2. The molecule has 6 heteroatoms. The van der Waals surface area contributed by atoms with Crippen LogP contribution in [0.25, 0.3) is 17.5 Å². The van der Waals surface area contributed by atoms with Crippen molar-refractivity contribution in [2.24, 2.45) is 0 Å². The first kappa shape index (κ1) is 18.6. The van der Waals surface area contributed by atoms with Crippen LogP contribution in [0.1, 0.15) is 18.4 Å². The Labute approximate surface area is 168 Å². The number of carbonyl (C=O) groups is 2. The lowest BCUT2D eigenvalue weighted by Crippen LogP contribution is -2.23. The summed E-state index contributed by atoms with van der Waals surface area (Å²) in [7, 11) is 0. The molecule has 0 spiro atoms. The Balaban J connectivity index is 1.35. The Morgan fingerprint density at radius 2 is 1.72 bits per heavy atom. The van der Waals surface area contributed by atoms with Gasteiger partial charge in [0.05, 0.1) is 18.1 Å². The Morgan fingerprint density at radius 1 is 1.00 bits per heavy atom. The molecule has 1 aliphatic rings. The summed E-state index contributed by atoms with van der Waals surface area (Å²) < 4.78 is 0. The highest BCUT2D eigenvalue weighted by atomic mass is 16.2. The first-order valence-corrected chi connectivity index (χ1v) is 9.46. The van der Waals surface area contributed by atoms with Crippen molar-refractivity contribution in [1.82, 2.24) is 9.97 Å². The molecule has 0 aliphatic carbocycles. The van der Waals surface area contributed by atoms with E-state index in [0.717, 1.165) is 29.8 Å². The van der Waals surface area contributed by atoms with Gasteiger partial charge in [-0.05, 0) is 30.2 Å². The lowest BCUT2D eigenvalue weighted by Gasteiger charge is -2.15. The molecule has 0 saturated carbocycles. The van der Waals surface area contributed by atoms with E-state index in [9.17, 15) is 9.59 Å². The highest BCUT2D eigenvalue weighted by Gasteiger charge is 2.21. The van der Waals surface area contributed by atoms with Crippen LogP contribution in [-0.2, 0) is 9.59 Å². The summed E-state index contributed by atoms with van der Waals surface area (Å²) in [5, 5.41) is 2.75. The zero-order valence-corrected chi connectivity index (χ0v) is 15.8. The van der Waals surface area contributed by atoms with Crippen molar-refractivity contribution < 1.29 is 9.59 Å². The van der Waals surface area contributed by atoms with E-state index in [1.54, 1.807) is 23.4 Å². The molecule has 1 fully saturated rings. The predicted octanol–water partition coefficient (Wildman–Crippen LogP) is 3.92. The molecular weight excluding hydrogens is 364 g/mol. The normalized spacial score (nSPS) is 13.8. The minimum atomic E-state index is -0.264. The Morgan fingerprint density at radius 3 is 2.38 bits per heavy atom. The van der Waals surface area contributed by atoms with Crippen LogP contribution in [-0.4, -0.2) is 28.3 Å². The van der Waals surface area contributed by atoms with E-state index in [1.807, 2.05) is 54.6 Å². The van der Waals surface area contributed by atoms with Gasteiger partial charge in [0, 0.05) is 30.3 Å². The lowest BCUT2D eigenvalue weighted by atomic mass is 10.2. The van der Waals surface area contributed by atoms with Gasteiger partial charge in [0.25, 0.3) is 0 Å². The van der Waals surface area contributed by atoms with Gasteiger partial charge in [0.15, 0.2) is 5.82 Å². The molecule has 0 atom stereocenters. The highest BCUT2D eigenvalue weighted by molar-refractivity contribution is 6.02. The summed E-state index contributed by atoms with van der Waals surface area (Å²) in [5.41, 5.74) is 3.22. The quantitative estimate of drug-likeness (QED) is 0.677. The maximum Gasteiger partial charge on any atom is 0.248 e. The summed E-state index contributed by atoms with van der Waals surface area (Å²) in [6.45, 7) is 0.765. The number of carbonyl (C=O) groups excluding carboxylic acids is 2. The zero-order chi connectivity index (χ0) is 20.1. The number of benzene rings is 2. The van der Waals surface area contributed by atoms with E-state index < -0.39 is 0 Å². The molecule has 0 unspecified atom stereocenters. The van der Waals surface area contributed by atoms with Crippen molar-refractivity contribution in [3.8, 4) is 11.4 Å². The van der Waals surface area contributed by atoms with Gasteiger partial charge in [-0.1, -0.05) is 42.5 Å². The molecule has 144 valence electrons. The number of hydrogen-bond donors (Lipinski definition) is 1. The number of amides is 2. The van der Waals surface area contributed by atoms with Crippen LogP contribution < -0.4 is 10.2 Å². The number of rotatable bonds is 5. The third-order valence-electron chi connectivity index (χ3n) is 4.66. The van der Waals surface area contributed by atoms with Crippen LogP contribution in [0.15, 0.2) is 73.1 Å². The second-order valence-electron chi connectivity index (χ2n) is 6.72. The van der Waals surface area contributed by atoms with Gasteiger partial charge in [-0.25, -0.2) is 9.97 Å². The van der Waals surface area contributed by atoms with Gasteiger partial charge in [0.1, 0.15) is 0 Å². The van der Waals surface area contributed by atoms with Crippen LogP contribution >= 0.6 is 0 Å². The van der Waals surface area contributed by atoms with Crippen LogP contribution in [0.2, 0.25) is 0 Å². The van der Waals surface area contributed by atoms with E-state index in [0.29, 0.717) is 17.9 Å². The smallest absolute Gasteiger partial charge is 0.248 e. The minimum Gasteiger partial charge on any atom is -0.320 e. The van der Waals surface area contributed by atoms with Gasteiger partial charge < -0.3 is 10.2 Å². The molecule has 0 radical (unpaired) electrons. The van der Waals surface area contributed by atoms with Gasteiger partial charge in [-0.3, -0.25) is 9.59 Å². The second kappa shape index (κ2) is 8.48. The minimum absolute atomic E-state index is 0.160. The van der Waals surface area contributed by atoms with Crippen LogP contribution in [0.5, 0.6) is 0 Å². The SMILES string of the molecule is O=C(/C=C/c1ccc(N2CCCC2=O)cc1)Nc1cnc(-c2ccccc2)nc1. The molecule has 6 nitrogen and oxygen atoms in total. The molecule has 0 bridgehead atoms. The molecular formula is C23H20N4O2. The molecule has 29 heavy (non-hydrogen) atoms. The second-order valence-corrected chi connectivity index (χ2v) is 6.72. The lowest BCUT2D eigenvalue weighted by molar-refractivity contribution is -0.117. The molecule has 4 rings (SSSR count). The molecule has 2 aromatic carbocycles. The van der Waals surface area contributed by atoms with Gasteiger partial charge >= 0.3 is 0 Å². The van der Waals surface area contributed by atoms with E-state index in [4.69, 9.17) is 0 Å². The predicted molar refractivity (Wildman–Crippen MR) is 113 cm³/mol. The first-order chi connectivity index (χ1) is 14.2. The van der Waals surface area contributed by atoms with Gasteiger partial charge in [0.2, 0.25) is 11.8 Å². The molecule has 2 heterocycles. The van der Waals surface area contributed by atoms with Crippen LogP contribution in [0.4, 0.5) is 11.4 Å². The standard InChI is InChI=1S/C23H20N4O2/c28-21(26-19-15-24-23(25-16-19)18-5-2-1-3-6-18)13-10-17-8-11-20(12-9-17)27-14-4-7-22(27)29/h1-3,5-6,8-13,15-16H,4,7,14H2,(H,26,28)/b13-10+. The van der Waals surface area contributed by atoms with E-state index in [-0.39, 0.29) is 11.8 Å². The highest BCUT2D eigenvalue weighted by Crippen LogP contribution is 2.22. The average Bonchev–Trinajstić information content (AvgIpc) is 3.20. The van der Waals surface area contributed by atoms with Crippen molar-refractivity contribution in [1.29, 1.82) is 0 Å². The molecule has 1 aliphatic heterocycles. The largest absolute Gasteiger partial charge is 0.320 e. The molecule has 1 N–H and O–H groups in total. The molecule has 3 aromatic rings. The van der Waals surface area contributed by atoms with Crippen molar-refractivity contribution in [3.05, 3.63) is 78.6 Å². The Bertz CT molecular complexity index is 1030. The summed E-state index contributed by atoms with van der Waals surface area (Å²) in [6, 6.07) is 17.2. The monoisotopic (exact) mass is 384 g/mol. The number of nitrogens with one attached hydrogen (secondary N) is 1. The fourth-order valence-electron chi connectivity index (χ4n) is 3.17. The molecule has 1 aromatic heterocycles. The molecule has 1 saturated heterocycles. The summed E-state index contributed by atoms with van der Waals surface area (Å²) in [4.78, 5) is 34.3. The van der Waals surface area contributed by atoms with Crippen LogP contribution in [0, 0.1) is 0 Å². The fourth-order valence-corrected chi connectivity index (χ4v) is 3.17.